The Bertz CT molecular complexity index is 551. The number of hydrogen-bond donors (Lipinski definition) is 3. The molecule has 114 valence electrons. The number of amides is 1. The van der Waals surface area contributed by atoms with Gasteiger partial charge in [-0.2, -0.15) is 0 Å². The number of piperazine rings is 1. The topological polar surface area (TPSA) is 81.7 Å². The maximum absolute atomic E-state index is 12.0. The number of carbonyl (C=O) groups is 2. The summed E-state index contributed by atoms with van der Waals surface area (Å²) in [5.41, 5.74) is 2.35. The van der Waals surface area contributed by atoms with Gasteiger partial charge >= 0.3 is 5.97 Å². The molecule has 1 heterocycles. The summed E-state index contributed by atoms with van der Waals surface area (Å²) in [5.74, 6) is -1.09. The van der Waals surface area contributed by atoms with Crippen LogP contribution in [-0.2, 0) is 4.79 Å². The van der Waals surface area contributed by atoms with Crippen molar-refractivity contribution < 1.29 is 14.7 Å². The van der Waals surface area contributed by atoms with Crippen molar-refractivity contribution in [1.29, 1.82) is 0 Å². The monoisotopic (exact) mass is 291 g/mol. The average Bonchev–Trinajstić information content (AvgIpc) is 2.43. The normalized spacial score (nSPS) is 15.7. The Hall–Kier alpha value is -1.92. The summed E-state index contributed by atoms with van der Waals surface area (Å²) in [6.07, 6.45) is 0. The quantitative estimate of drug-likeness (QED) is 0.766. The molecule has 1 fully saturated rings. The van der Waals surface area contributed by atoms with E-state index in [-0.39, 0.29) is 11.5 Å². The third-order valence-electron chi connectivity index (χ3n) is 3.76. The fraction of sp³-hybridized carbons (Fsp3) is 0.467. The van der Waals surface area contributed by atoms with Crippen LogP contribution < -0.4 is 10.6 Å². The minimum absolute atomic E-state index is 0.114. The molecular formula is C15H21N3O3. The smallest absolute Gasteiger partial charge is 0.336 e. The largest absolute Gasteiger partial charge is 0.478 e. The number of carbonyl (C=O) groups excluding carboxylic acids is 1. The van der Waals surface area contributed by atoms with Crippen LogP contribution in [0.15, 0.2) is 12.1 Å². The van der Waals surface area contributed by atoms with E-state index in [9.17, 15) is 14.7 Å². The molecule has 0 spiro atoms. The fourth-order valence-corrected chi connectivity index (χ4v) is 2.43. The van der Waals surface area contributed by atoms with Gasteiger partial charge in [0, 0.05) is 31.9 Å². The zero-order chi connectivity index (χ0) is 15.4. The Labute approximate surface area is 124 Å². The third kappa shape index (κ3) is 4.03. The standard InChI is InChI=1S/C15H21N3O3/c1-10-7-12(8-13(11(10)2)15(20)21)17-14(19)9-18-5-3-16-4-6-18/h7-8,16H,3-6,9H2,1-2H3,(H,17,19)(H,20,21). The van der Waals surface area contributed by atoms with Crippen molar-refractivity contribution in [3.05, 3.63) is 28.8 Å². The molecule has 6 nitrogen and oxygen atoms in total. The molecule has 1 aromatic rings. The van der Waals surface area contributed by atoms with Crippen molar-refractivity contribution >= 4 is 17.6 Å². The van der Waals surface area contributed by atoms with Crippen LogP contribution in [0.4, 0.5) is 5.69 Å². The molecule has 0 saturated carbocycles. The Morgan fingerprint density at radius 3 is 2.57 bits per heavy atom. The van der Waals surface area contributed by atoms with Gasteiger partial charge in [-0.15, -0.1) is 0 Å². The summed E-state index contributed by atoms with van der Waals surface area (Å²) < 4.78 is 0. The average molecular weight is 291 g/mol. The molecule has 1 amide bonds. The molecule has 1 aliphatic rings. The van der Waals surface area contributed by atoms with Crippen LogP contribution in [0.1, 0.15) is 21.5 Å². The highest BCUT2D eigenvalue weighted by molar-refractivity contribution is 5.96. The van der Waals surface area contributed by atoms with E-state index in [0.29, 0.717) is 12.2 Å². The van der Waals surface area contributed by atoms with E-state index in [4.69, 9.17) is 0 Å². The molecule has 0 radical (unpaired) electrons. The van der Waals surface area contributed by atoms with E-state index < -0.39 is 5.97 Å². The lowest BCUT2D eigenvalue weighted by molar-refractivity contribution is -0.117. The minimum atomic E-state index is -0.978. The first-order chi connectivity index (χ1) is 9.97. The van der Waals surface area contributed by atoms with Crippen LogP contribution in [0.2, 0.25) is 0 Å². The maximum Gasteiger partial charge on any atom is 0.336 e. The van der Waals surface area contributed by atoms with Gasteiger partial charge in [-0.05, 0) is 37.1 Å². The van der Waals surface area contributed by atoms with Crippen LogP contribution in [0.3, 0.4) is 0 Å². The molecule has 0 atom stereocenters. The number of nitrogens with zero attached hydrogens (tertiary/aromatic N) is 1. The van der Waals surface area contributed by atoms with Crippen LogP contribution in [0.25, 0.3) is 0 Å². The number of nitrogens with one attached hydrogen (secondary N) is 2. The van der Waals surface area contributed by atoms with Crippen molar-refractivity contribution in [1.82, 2.24) is 10.2 Å². The second-order valence-corrected chi connectivity index (χ2v) is 5.35. The maximum atomic E-state index is 12.0. The number of rotatable bonds is 4. The molecule has 3 N–H and O–H groups in total. The molecule has 0 aromatic heterocycles. The van der Waals surface area contributed by atoms with Crippen LogP contribution in [-0.4, -0.2) is 54.6 Å². The summed E-state index contributed by atoms with van der Waals surface area (Å²) in [4.78, 5) is 25.3. The highest BCUT2D eigenvalue weighted by Crippen LogP contribution is 2.20. The lowest BCUT2D eigenvalue weighted by Gasteiger charge is -2.26. The number of aromatic carboxylic acids is 1. The minimum Gasteiger partial charge on any atom is -0.478 e. The van der Waals surface area contributed by atoms with E-state index in [1.807, 2.05) is 6.92 Å². The summed E-state index contributed by atoms with van der Waals surface area (Å²) in [7, 11) is 0. The molecule has 6 heteroatoms. The van der Waals surface area contributed by atoms with E-state index in [1.54, 1.807) is 13.0 Å². The van der Waals surface area contributed by atoms with Crippen molar-refractivity contribution in [3.8, 4) is 0 Å². The van der Waals surface area contributed by atoms with Crippen molar-refractivity contribution in [3.63, 3.8) is 0 Å². The number of carboxylic acids is 1. The zero-order valence-electron chi connectivity index (χ0n) is 12.4. The van der Waals surface area contributed by atoms with Gasteiger partial charge < -0.3 is 15.7 Å². The fourth-order valence-electron chi connectivity index (χ4n) is 2.43. The van der Waals surface area contributed by atoms with Crippen molar-refractivity contribution in [2.45, 2.75) is 13.8 Å². The molecule has 0 bridgehead atoms. The van der Waals surface area contributed by atoms with E-state index in [1.165, 1.54) is 6.07 Å². The lowest BCUT2D eigenvalue weighted by atomic mass is 10.0. The van der Waals surface area contributed by atoms with Crippen LogP contribution in [0, 0.1) is 13.8 Å². The van der Waals surface area contributed by atoms with Gasteiger partial charge in [0.2, 0.25) is 5.91 Å². The number of carboxylic acid groups (broad SMARTS) is 1. The Morgan fingerprint density at radius 1 is 1.29 bits per heavy atom. The van der Waals surface area contributed by atoms with E-state index in [2.05, 4.69) is 15.5 Å². The van der Waals surface area contributed by atoms with Gasteiger partial charge in [-0.1, -0.05) is 0 Å². The lowest BCUT2D eigenvalue weighted by Crippen LogP contribution is -2.46. The molecule has 0 aliphatic carbocycles. The van der Waals surface area contributed by atoms with E-state index in [0.717, 1.165) is 37.3 Å². The second-order valence-electron chi connectivity index (χ2n) is 5.35. The Balaban J connectivity index is 2.05. The Kier molecular flexibility index (Phi) is 4.93. The summed E-state index contributed by atoms with van der Waals surface area (Å²) >= 11 is 0. The van der Waals surface area contributed by atoms with Gasteiger partial charge in [0.15, 0.2) is 0 Å². The molecule has 0 unspecified atom stereocenters. The SMILES string of the molecule is Cc1cc(NC(=O)CN2CCNCC2)cc(C(=O)O)c1C. The predicted molar refractivity (Wildman–Crippen MR) is 80.8 cm³/mol. The van der Waals surface area contributed by atoms with Crippen molar-refractivity contribution in [2.24, 2.45) is 0 Å². The third-order valence-corrected chi connectivity index (χ3v) is 3.76. The zero-order valence-corrected chi connectivity index (χ0v) is 12.4. The number of hydrogen-bond acceptors (Lipinski definition) is 4. The first-order valence-corrected chi connectivity index (χ1v) is 7.05. The number of benzene rings is 1. The van der Waals surface area contributed by atoms with Crippen LogP contribution >= 0.6 is 0 Å². The van der Waals surface area contributed by atoms with Gasteiger partial charge in [0.05, 0.1) is 12.1 Å². The number of aryl methyl sites for hydroxylation is 1. The van der Waals surface area contributed by atoms with Gasteiger partial charge in [-0.25, -0.2) is 4.79 Å². The van der Waals surface area contributed by atoms with Gasteiger partial charge in [0.25, 0.3) is 0 Å². The molecule has 1 aromatic carbocycles. The summed E-state index contributed by atoms with van der Waals surface area (Å²) in [5, 5.41) is 15.2. The molecule has 1 saturated heterocycles. The van der Waals surface area contributed by atoms with Gasteiger partial charge in [-0.3, -0.25) is 9.69 Å². The second kappa shape index (κ2) is 6.69. The highest BCUT2D eigenvalue weighted by Gasteiger charge is 2.15. The van der Waals surface area contributed by atoms with Crippen LogP contribution in [0.5, 0.6) is 0 Å². The molecular weight excluding hydrogens is 270 g/mol. The highest BCUT2D eigenvalue weighted by atomic mass is 16.4. The summed E-state index contributed by atoms with van der Waals surface area (Å²) in [6.45, 7) is 7.41. The van der Waals surface area contributed by atoms with E-state index >= 15 is 0 Å². The first kappa shape index (κ1) is 15.5. The number of anilines is 1. The van der Waals surface area contributed by atoms with Crippen molar-refractivity contribution in [2.75, 3.05) is 38.0 Å². The first-order valence-electron chi connectivity index (χ1n) is 7.05. The molecule has 2 rings (SSSR count). The predicted octanol–water partition coefficient (Wildman–Crippen LogP) is 0.845. The summed E-state index contributed by atoms with van der Waals surface area (Å²) in [6, 6.07) is 3.32. The van der Waals surface area contributed by atoms with Gasteiger partial charge in [0.1, 0.15) is 0 Å². The molecule has 1 aliphatic heterocycles. The molecule has 21 heavy (non-hydrogen) atoms. The Morgan fingerprint density at radius 2 is 1.95 bits per heavy atom.